The van der Waals surface area contributed by atoms with Crippen LogP contribution < -0.4 is 11.1 Å². The van der Waals surface area contributed by atoms with Gasteiger partial charge in [-0.25, -0.2) is 0 Å². The van der Waals surface area contributed by atoms with Crippen LogP contribution in [0.25, 0.3) is 0 Å². The fraction of sp³-hybridized carbons (Fsp3) is 0.538. The molecule has 0 bridgehead atoms. The van der Waals surface area contributed by atoms with Crippen molar-refractivity contribution in [2.24, 2.45) is 5.73 Å². The number of nitrogens with two attached hydrogens (primary N) is 1. The summed E-state index contributed by atoms with van der Waals surface area (Å²) in [6.07, 6.45) is 0. The summed E-state index contributed by atoms with van der Waals surface area (Å²) in [6.45, 7) is 6.25. The number of carbonyl (C=O) groups is 2. The fourth-order valence-electron chi connectivity index (χ4n) is 1.63. The van der Waals surface area contributed by atoms with Crippen LogP contribution >= 0.6 is 0 Å². The maximum Gasteiger partial charge on any atom is 0.290 e. The predicted molar refractivity (Wildman–Crippen MR) is 71.5 cm³/mol. The van der Waals surface area contributed by atoms with E-state index in [2.05, 4.69) is 5.32 Å². The maximum atomic E-state index is 12.1. The lowest BCUT2D eigenvalue weighted by Gasteiger charge is -2.19. The van der Waals surface area contributed by atoms with E-state index in [1.807, 2.05) is 20.8 Å². The standard InChI is InChI=1S/C13H21N3O3/c1-4-16(8-12(17)15-9(2)3)13(18)11-6-5-10(7-14)19-11/h5-6,9H,4,7-8,14H2,1-3H3,(H,15,17). The van der Waals surface area contributed by atoms with E-state index in [4.69, 9.17) is 10.2 Å². The number of hydrogen-bond donors (Lipinski definition) is 2. The van der Waals surface area contributed by atoms with Gasteiger partial charge in [0.25, 0.3) is 5.91 Å². The van der Waals surface area contributed by atoms with Gasteiger partial charge in [-0.15, -0.1) is 0 Å². The lowest BCUT2D eigenvalue weighted by molar-refractivity contribution is -0.122. The minimum atomic E-state index is -0.305. The Morgan fingerprint density at radius 2 is 2.11 bits per heavy atom. The molecule has 0 saturated carbocycles. The van der Waals surface area contributed by atoms with Crippen molar-refractivity contribution in [2.75, 3.05) is 13.1 Å². The third-order valence-corrected chi connectivity index (χ3v) is 2.53. The highest BCUT2D eigenvalue weighted by atomic mass is 16.4. The Morgan fingerprint density at radius 1 is 1.42 bits per heavy atom. The van der Waals surface area contributed by atoms with Gasteiger partial charge in [-0.05, 0) is 32.9 Å². The van der Waals surface area contributed by atoms with Crippen molar-refractivity contribution in [3.05, 3.63) is 23.7 Å². The molecule has 0 fully saturated rings. The van der Waals surface area contributed by atoms with E-state index in [9.17, 15) is 9.59 Å². The van der Waals surface area contributed by atoms with E-state index in [-0.39, 0.29) is 36.7 Å². The van der Waals surface area contributed by atoms with Crippen molar-refractivity contribution in [3.8, 4) is 0 Å². The van der Waals surface area contributed by atoms with E-state index >= 15 is 0 Å². The van der Waals surface area contributed by atoms with Crippen LogP contribution in [0.1, 0.15) is 37.1 Å². The topological polar surface area (TPSA) is 88.6 Å². The Morgan fingerprint density at radius 3 is 2.58 bits per heavy atom. The molecule has 19 heavy (non-hydrogen) atoms. The van der Waals surface area contributed by atoms with Crippen LogP contribution in [0.5, 0.6) is 0 Å². The van der Waals surface area contributed by atoms with Gasteiger partial charge in [-0.1, -0.05) is 0 Å². The van der Waals surface area contributed by atoms with Crippen LogP contribution in [-0.2, 0) is 11.3 Å². The zero-order chi connectivity index (χ0) is 14.4. The SMILES string of the molecule is CCN(CC(=O)NC(C)C)C(=O)c1ccc(CN)o1. The van der Waals surface area contributed by atoms with Gasteiger partial charge in [-0.2, -0.15) is 0 Å². The molecule has 6 nitrogen and oxygen atoms in total. The molecular formula is C13H21N3O3. The van der Waals surface area contributed by atoms with Crippen LogP contribution in [0, 0.1) is 0 Å². The first-order chi connectivity index (χ1) is 8.97. The Balaban J connectivity index is 2.68. The zero-order valence-electron chi connectivity index (χ0n) is 11.6. The van der Waals surface area contributed by atoms with E-state index in [0.29, 0.717) is 12.3 Å². The Labute approximate surface area is 112 Å². The second-order valence-corrected chi connectivity index (χ2v) is 4.51. The van der Waals surface area contributed by atoms with Gasteiger partial charge in [0, 0.05) is 12.6 Å². The van der Waals surface area contributed by atoms with E-state index in [0.717, 1.165) is 0 Å². The largest absolute Gasteiger partial charge is 0.455 e. The van der Waals surface area contributed by atoms with Gasteiger partial charge in [-0.3, -0.25) is 9.59 Å². The van der Waals surface area contributed by atoms with Gasteiger partial charge in [0.2, 0.25) is 5.91 Å². The van der Waals surface area contributed by atoms with Crippen molar-refractivity contribution in [2.45, 2.75) is 33.4 Å². The van der Waals surface area contributed by atoms with Crippen molar-refractivity contribution >= 4 is 11.8 Å². The summed E-state index contributed by atoms with van der Waals surface area (Å²) in [5.41, 5.74) is 5.42. The second-order valence-electron chi connectivity index (χ2n) is 4.51. The highest BCUT2D eigenvalue weighted by Crippen LogP contribution is 2.10. The lowest BCUT2D eigenvalue weighted by Crippen LogP contribution is -2.42. The monoisotopic (exact) mass is 267 g/mol. The van der Waals surface area contributed by atoms with Crippen LogP contribution in [-0.4, -0.2) is 35.8 Å². The number of amides is 2. The summed E-state index contributed by atoms with van der Waals surface area (Å²) < 4.78 is 5.29. The first kappa shape index (κ1) is 15.2. The molecule has 0 aromatic carbocycles. The van der Waals surface area contributed by atoms with Crippen LogP contribution in [0.2, 0.25) is 0 Å². The van der Waals surface area contributed by atoms with Crippen LogP contribution in [0.3, 0.4) is 0 Å². The molecule has 0 aliphatic rings. The number of nitrogens with zero attached hydrogens (tertiary/aromatic N) is 1. The molecule has 1 aromatic rings. The Bertz CT molecular complexity index is 440. The van der Waals surface area contributed by atoms with Gasteiger partial charge < -0.3 is 20.4 Å². The molecule has 0 atom stereocenters. The third kappa shape index (κ3) is 4.40. The Hall–Kier alpha value is -1.82. The fourth-order valence-corrected chi connectivity index (χ4v) is 1.63. The third-order valence-electron chi connectivity index (χ3n) is 2.53. The van der Waals surface area contributed by atoms with Crippen LogP contribution in [0.4, 0.5) is 0 Å². The normalized spacial score (nSPS) is 10.6. The van der Waals surface area contributed by atoms with Crippen molar-refractivity contribution in [1.82, 2.24) is 10.2 Å². The minimum absolute atomic E-state index is 0.0200. The van der Waals surface area contributed by atoms with Gasteiger partial charge in [0.1, 0.15) is 5.76 Å². The van der Waals surface area contributed by atoms with Crippen molar-refractivity contribution in [3.63, 3.8) is 0 Å². The first-order valence-electron chi connectivity index (χ1n) is 6.35. The molecule has 1 rings (SSSR count). The molecule has 2 amide bonds. The molecule has 0 unspecified atom stereocenters. The molecule has 0 radical (unpaired) electrons. The second kappa shape index (κ2) is 6.94. The molecular weight excluding hydrogens is 246 g/mol. The van der Waals surface area contributed by atoms with Crippen molar-refractivity contribution in [1.29, 1.82) is 0 Å². The predicted octanol–water partition coefficient (Wildman–Crippen LogP) is 0.725. The summed E-state index contributed by atoms with van der Waals surface area (Å²) in [7, 11) is 0. The molecule has 106 valence electrons. The molecule has 0 spiro atoms. The molecule has 0 saturated heterocycles. The molecule has 6 heteroatoms. The summed E-state index contributed by atoms with van der Waals surface area (Å²) in [5, 5.41) is 2.75. The molecule has 1 heterocycles. The molecule has 0 aliphatic carbocycles. The van der Waals surface area contributed by atoms with Gasteiger partial charge in [0.05, 0.1) is 13.1 Å². The zero-order valence-corrected chi connectivity index (χ0v) is 11.6. The lowest BCUT2D eigenvalue weighted by atomic mass is 10.3. The van der Waals surface area contributed by atoms with E-state index in [1.165, 1.54) is 4.90 Å². The van der Waals surface area contributed by atoms with E-state index < -0.39 is 0 Å². The number of rotatable bonds is 6. The average Bonchev–Trinajstić information content (AvgIpc) is 2.82. The first-order valence-corrected chi connectivity index (χ1v) is 6.35. The van der Waals surface area contributed by atoms with E-state index in [1.54, 1.807) is 12.1 Å². The van der Waals surface area contributed by atoms with Gasteiger partial charge >= 0.3 is 0 Å². The Kier molecular flexibility index (Phi) is 5.57. The number of carbonyl (C=O) groups excluding carboxylic acids is 2. The smallest absolute Gasteiger partial charge is 0.290 e. The summed E-state index contributed by atoms with van der Waals surface area (Å²) in [6, 6.07) is 3.29. The maximum absolute atomic E-state index is 12.1. The van der Waals surface area contributed by atoms with Gasteiger partial charge in [0.15, 0.2) is 5.76 Å². The number of likely N-dealkylation sites (N-methyl/N-ethyl adjacent to an activating group) is 1. The number of hydrogen-bond acceptors (Lipinski definition) is 4. The average molecular weight is 267 g/mol. The highest BCUT2D eigenvalue weighted by molar-refractivity contribution is 5.94. The highest BCUT2D eigenvalue weighted by Gasteiger charge is 2.20. The number of furan rings is 1. The minimum Gasteiger partial charge on any atom is -0.455 e. The molecule has 0 aliphatic heterocycles. The number of nitrogens with one attached hydrogen (secondary N) is 1. The quantitative estimate of drug-likeness (QED) is 0.795. The van der Waals surface area contributed by atoms with Crippen LogP contribution in [0.15, 0.2) is 16.5 Å². The van der Waals surface area contributed by atoms with Crippen molar-refractivity contribution < 1.29 is 14.0 Å². The summed E-state index contributed by atoms with van der Waals surface area (Å²) in [5.74, 6) is 0.266. The summed E-state index contributed by atoms with van der Waals surface area (Å²) >= 11 is 0. The molecule has 3 N–H and O–H groups in total. The summed E-state index contributed by atoms with van der Waals surface area (Å²) in [4.78, 5) is 25.2. The molecule has 1 aromatic heterocycles.